The van der Waals surface area contributed by atoms with Gasteiger partial charge in [0, 0.05) is 16.9 Å². The van der Waals surface area contributed by atoms with Crippen LogP contribution in [0.3, 0.4) is 0 Å². The van der Waals surface area contributed by atoms with Gasteiger partial charge in [0.2, 0.25) is 5.91 Å². The van der Waals surface area contributed by atoms with E-state index in [1.807, 2.05) is 25.1 Å². The van der Waals surface area contributed by atoms with Gasteiger partial charge in [0.15, 0.2) is 0 Å². The highest BCUT2D eigenvalue weighted by atomic mass is 32.1. The summed E-state index contributed by atoms with van der Waals surface area (Å²) in [5.74, 6) is 0.481. The number of amides is 1. The van der Waals surface area contributed by atoms with Crippen LogP contribution in [0.1, 0.15) is 40.5 Å². The Balaban J connectivity index is 1.37. The first kappa shape index (κ1) is 17.0. The number of aryl methyl sites for hydroxylation is 2. The van der Waals surface area contributed by atoms with E-state index < -0.39 is 0 Å². The molecular weight excluding hydrogens is 340 g/mol. The summed E-state index contributed by atoms with van der Waals surface area (Å²) in [5, 5.41) is 4.10. The van der Waals surface area contributed by atoms with E-state index in [1.165, 1.54) is 11.1 Å². The highest BCUT2D eigenvalue weighted by Crippen LogP contribution is 2.35. The second kappa shape index (κ2) is 7.42. The van der Waals surface area contributed by atoms with Crippen molar-refractivity contribution in [2.24, 2.45) is 0 Å². The summed E-state index contributed by atoms with van der Waals surface area (Å²) in [6, 6.07) is 18.7. The van der Waals surface area contributed by atoms with Crippen LogP contribution in [-0.2, 0) is 17.8 Å². The van der Waals surface area contributed by atoms with Crippen molar-refractivity contribution < 1.29 is 4.79 Å². The van der Waals surface area contributed by atoms with Gasteiger partial charge in [0.25, 0.3) is 0 Å². The zero-order valence-electron chi connectivity index (χ0n) is 14.9. The SMILES string of the molecule is Cc1nc(-c2ccccc2)sc1CNC(=O)CC1CCc2ccccc21. The summed E-state index contributed by atoms with van der Waals surface area (Å²) in [5.41, 5.74) is 4.88. The first-order valence-electron chi connectivity index (χ1n) is 9.07. The van der Waals surface area contributed by atoms with Crippen LogP contribution >= 0.6 is 11.3 Å². The Hall–Kier alpha value is -2.46. The highest BCUT2D eigenvalue weighted by molar-refractivity contribution is 7.15. The lowest BCUT2D eigenvalue weighted by molar-refractivity contribution is -0.121. The van der Waals surface area contributed by atoms with Crippen molar-refractivity contribution >= 4 is 17.2 Å². The molecule has 3 nitrogen and oxygen atoms in total. The average molecular weight is 362 g/mol. The van der Waals surface area contributed by atoms with Crippen LogP contribution in [0.2, 0.25) is 0 Å². The zero-order chi connectivity index (χ0) is 17.9. The number of carbonyl (C=O) groups excluding carboxylic acids is 1. The molecule has 1 unspecified atom stereocenters. The van der Waals surface area contributed by atoms with E-state index in [0.29, 0.717) is 18.9 Å². The molecule has 4 rings (SSSR count). The number of nitrogens with one attached hydrogen (secondary N) is 1. The summed E-state index contributed by atoms with van der Waals surface area (Å²) in [4.78, 5) is 18.2. The van der Waals surface area contributed by atoms with Crippen molar-refractivity contribution in [2.45, 2.75) is 38.6 Å². The molecule has 26 heavy (non-hydrogen) atoms. The first-order chi connectivity index (χ1) is 12.7. The first-order valence-corrected chi connectivity index (χ1v) is 9.88. The standard InChI is InChI=1S/C22H22N2OS/c1-15-20(26-22(24-15)17-8-3-2-4-9-17)14-23-21(25)13-18-12-11-16-7-5-6-10-19(16)18/h2-10,18H,11-14H2,1H3,(H,23,25). The van der Waals surface area contributed by atoms with Gasteiger partial charge in [0.05, 0.1) is 12.2 Å². The molecule has 0 bridgehead atoms. The molecule has 1 atom stereocenters. The van der Waals surface area contributed by atoms with E-state index in [0.717, 1.165) is 34.0 Å². The van der Waals surface area contributed by atoms with E-state index >= 15 is 0 Å². The predicted molar refractivity (Wildman–Crippen MR) is 106 cm³/mol. The number of aromatic nitrogens is 1. The molecule has 3 aromatic rings. The lowest BCUT2D eigenvalue weighted by Gasteiger charge is -2.11. The number of rotatable bonds is 5. The fraction of sp³-hybridized carbons (Fsp3) is 0.273. The molecule has 0 radical (unpaired) electrons. The molecule has 2 aromatic carbocycles. The third kappa shape index (κ3) is 3.56. The Bertz CT molecular complexity index is 917. The summed E-state index contributed by atoms with van der Waals surface area (Å²) in [6.45, 7) is 2.57. The second-order valence-corrected chi connectivity index (χ2v) is 7.89. The van der Waals surface area contributed by atoms with Crippen molar-refractivity contribution in [1.82, 2.24) is 10.3 Å². The summed E-state index contributed by atoms with van der Waals surface area (Å²) < 4.78 is 0. The fourth-order valence-electron chi connectivity index (χ4n) is 3.63. The Labute approximate surface area is 158 Å². The van der Waals surface area contributed by atoms with E-state index in [1.54, 1.807) is 11.3 Å². The largest absolute Gasteiger partial charge is 0.351 e. The van der Waals surface area contributed by atoms with Gasteiger partial charge in [-0.15, -0.1) is 11.3 Å². The minimum absolute atomic E-state index is 0.126. The molecule has 0 spiro atoms. The maximum atomic E-state index is 12.4. The molecule has 1 aliphatic rings. The number of hydrogen-bond donors (Lipinski definition) is 1. The quantitative estimate of drug-likeness (QED) is 0.704. The number of carbonyl (C=O) groups is 1. The smallest absolute Gasteiger partial charge is 0.220 e. The average Bonchev–Trinajstić information content (AvgIpc) is 3.25. The van der Waals surface area contributed by atoms with Gasteiger partial charge in [-0.1, -0.05) is 54.6 Å². The van der Waals surface area contributed by atoms with Gasteiger partial charge in [-0.2, -0.15) is 0 Å². The molecule has 4 heteroatoms. The van der Waals surface area contributed by atoms with Crippen LogP contribution in [0.5, 0.6) is 0 Å². The van der Waals surface area contributed by atoms with Gasteiger partial charge in [0.1, 0.15) is 5.01 Å². The van der Waals surface area contributed by atoms with Crippen molar-refractivity contribution in [3.8, 4) is 10.6 Å². The summed E-state index contributed by atoms with van der Waals surface area (Å²) in [6.07, 6.45) is 2.73. The van der Waals surface area contributed by atoms with Gasteiger partial charge in [-0.25, -0.2) is 4.98 Å². The van der Waals surface area contributed by atoms with Crippen molar-refractivity contribution in [2.75, 3.05) is 0 Å². The fourth-order valence-corrected chi connectivity index (χ4v) is 4.64. The molecule has 0 aliphatic heterocycles. The van der Waals surface area contributed by atoms with Crippen LogP contribution in [0, 0.1) is 6.92 Å². The highest BCUT2D eigenvalue weighted by Gasteiger charge is 2.24. The third-order valence-corrected chi connectivity index (χ3v) is 6.25. The molecule has 1 aromatic heterocycles. The molecular formula is C22H22N2OS. The van der Waals surface area contributed by atoms with E-state index in [9.17, 15) is 4.79 Å². The predicted octanol–water partition coefficient (Wildman–Crippen LogP) is 4.85. The molecule has 0 saturated heterocycles. The monoisotopic (exact) mass is 362 g/mol. The van der Waals surface area contributed by atoms with Gasteiger partial charge in [-0.3, -0.25) is 4.79 Å². The molecule has 1 aliphatic carbocycles. The van der Waals surface area contributed by atoms with Crippen LogP contribution in [-0.4, -0.2) is 10.9 Å². The number of fused-ring (bicyclic) bond motifs is 1. The maximum absolute atomic E-state index is 12.4. The normalized spacial score (nSPS) is 15.7. The van der Waals surface area contributed by atoms with Crippen LogP contribution in [0.15, 0.2) is 54.6 Å². The Morgan fingerprint density at radius 3 is 2.77 bits per heavy atom. The van der Waals surface area contributed by atoms with Crippen LogP contribution in [0.4, 0.5) is 0 Å². The Morgan fingerprint density at radius 1 is 1.15 bits per heavy atom. The van der Waals surface area contributed by atoms with Crippen LogP contribution in [0.25, 0.3) is 10.6 Å². The van der Waals surface area contributed by atoms with E-state index in [2.05, 4.69) is 46.7 Å². The van der Waals surface area contributed by atoms with Gasteiger partial charge in [-0.05, 0) is 36.8 Å². The third-order valence-electron chi connectivity index (χ3n) is 5.05. The second-order valence-electron chi connectivity index (χ2n) is 6.81. The minimum Gasteiger partial charge on any atom is -0.351 e. The maximum Gasteiger partial charge on any atom is 0.220 e. The lowest BCUT2D eigenvalue weighted by atomic mass is 9.97. The number of nitrogens with zero attached hydrogens (tertiary/aromatic N) is 1. The topological polar surface area (TPSA) is 42.0 Å². The van der Waals surface area contributed by atoms with Gasteiger partial charge >= 0.3 is 0 Å². The molecule has 0 fully saturated rings. The molecule has 132 valence electrons. The van der Waals surface area contributed by atoms with Crippen molar-refractivity contribution in [3.05, 3.63) is 76.3 Å². The van der Waals surface area contributed by atoms with Crippen molar-refractivity contribution in [3.63, 3.8) is 0 Å². The number of thiazole rings is 1. The Kier molecular flexibility index (Phi) is 4.85. The summed E-state index contributed by atoms with van der Waals surface area (Å²) >= 11 is 1.66. The molecule has 1 amide bonds. The molecule has 1 heterocycles. The van der Waals surface area contributed by atoms with Crippen molar-refractivity contribution in [1.29, 1.82) is 0 Å². The van der Waals surface area contributed by atoms with E-state index in [-0.39, 0.29) is 5.91 Å². The number of hydrogen-bond acceptors (Lipinski definition) is 3. The van der Waals surface area contributed by atoms with E-state index in [4.69, 9.17) is 0 Å². The number of benzene rings is 2. The molecule has 1 N–H and O–H groups in total. The molecule has 0 saturated carbocycles. The van der Waals surface area contributed by atoms with Crippen LogP contribution < -0.4 is 5.32 Å². The lowest BCUT2D eigenvalue weighted by Crippen LogP contribution is -2.24. The Morgan fingerprint density at radius 2 is 1.92 bits per heavy atom. The van der Waals surface area contributed by atoms with Gasteiger partial charge < -0.3 is 5.32 Å². The minimum atomic E-state index is 0.126. The summed E-state index contributed by atoms with van der Waals surface area (Å²) in [7, 11) is 0. The zero-order valence-corrected chi connectivity index (χ0v) is 15.7.